The average Bonchev–Trinajstić information content (AvgIpc) is 1.58. The highest BCUT2D eigenvalue weighted by Crippen LogP contribution is 2.47. The summed E-state index contributed by atoms with van der Waals surface area (Å²) in [5.74, 6) is 4.29. The number of benzene rings is 18. The molecular weight excluding hydrogens is 1840 g/mol. The van der Waals surface area contributed by atoms with Crippen LogP contribution < -0.4 is 0 Å². The lowest BCUT2D eigenvalue weighted by molar-refractivity contribution is 1.01. The maximum atomic E-state index is 10.0. The normalized spacial score (nSPS) is 11.1. The summed E-state index contributed by atoms with van der Waals surface area (Å²) < 4.78 is 13.0. The van der Waals surface area contributed by atoms with Crippen LogP contribution >= 0.6 is 0 Å². The molecule has 690 valence electrons. The quantitative estimate of drug-likeness (QED) is 0.110. The molecule has 18 heteroatoms. The molecule has 0 saturated carbocycles. The highest BCUT2D eigenvalue weighted by atomic mass is 15.2. The molecule has 0 aliphatic rings. The average molecular weight is 1910 g/mol. The van der Waals surface area contributed by atoms with Crippen molar-refractivity contribution in [2.45, 2.75) is 0 Å². The molecule has 0 unspecified atom stereocenters. The Morgan fingerprint density at radius 2 is 0.340 bits per heavy atom. The van der Waals surface area contributed by atoms with Gasteiger partial charge in [0.15, 0.2) is 0 Å². The predicted octanol–water partition coefficient (Wildman–Crippen LogP) is 30.7. The largest absolute Gasteiger partial charge is 0.294 e. The number of nitrogens with zero attached hydrogens (tertiary/aromatic N) is 18. The second kappa shape index (κ2) is 36.9. The van der Waals surface area contributed by atoms with E-state index >= 15 is 0 Å². The summed E-state index contributed by atoms with van der Waals surface area (Å²) in [6.07, 6.45) is 0. The molecule has 0 aliphatic heterocycles. The van der Waals surface area contributed by atoms with Gasteiger partial charge in [0.2, 0.25) is 0 Å². The van der Waals surface area contributed by atoms with Gasteiger partial charge in [-0.25, -0.2) is 15.0 Å². The number of para-hydroxylation sites is 6. The molecule has 9 heterocycles. The molecule has 18 aromatic carbocycles. The van der Waals surface area contributed by atoms with Gasteiger partial charge in [-0.1, -0.05) is 224 Å². The molecule has 150 heavy (non-hydrogen) atoms. The first-order valence-corrected chi connectivity index (χ1v) is 48.4. The SMILES string of the molecule is N#Cc1ccc(-c2ccccc2-c2cc(-n3c4ccccc4c4ccccc43)nc(-n3c4ccc(C#N)cc4c4cc(C#N)ccc43)c2)cc1.N#Cc1ccc2c(c1)c1cc(C#N)ccc1n2-c1cc(-c2ccccc2-c2ccccc2C#N)cc(-n2c3ccccc3c3ccccc32)n1.N#Cc1cccc(-c2ccccc2-c2cc(-n3c4ccccc4c4ccccc43)nc(-n3c4ccc(C#N)cc4c4cc(C#N)ccc43)c2)c1. The van der Waals surface area contributed by atoms with Gasteiger partial charge >= 0.3 is 0 Å². The Morgan fingerprint density at radius 3 is 0.607 bits per heavy atom. The number of aromatic nitrogens is 9. The van der Waals surface area contributed by atoms with E-state index in [1.807, 2.05) is 243 Å². The van der Waals surface area contributed by atoms with Crippen LogP contribution in [0.3, 0.4) is 0 Å². The summed E-state index contributed by atoms with van der Waals surface area (Å²) in [6, 6.07) is 165. The van der Waals surface area contributed by atoms with Crippen molar-refractivity contribution in [3.63, 3.8) is 0 Å². The van der Waals surface area contributed by atoms with Crippen LogP contribution in [0.5, 0.6) is 0 Å². The van der Waals surface area contributed by atoms with Crippen molar-refractivity contribution in [1.82, 2.24) is 42.4 Å². The second-order valence-electron chi connectivity index (χ2n) is 36.6. The lowest BCUT2D eigenvalue weighted by atomic mass is 9.92. The standard InChI is InChI=1S/3C44H24N6/c45-25-28-8-7-9-31(20-28)33-10-1-2-11-34(33)32-23-43(49-39-14-5-3-12-35(39)36-13-4-6-15-40(36)49)48-44(24-32)50-41-18-16-29(26-46)21-37(41)38-22-30(27-47)17-19-42(38)50;45-25-28-13-17-31(18-14-28)33-7-1-2-8-34(33)32-23-43(49-39-11-5-3-9-35(39)36-10-4-6-12-40(36)49)48-44(24-32)50-41-19-15-29(26-46)21-37(41)38-22-30(27-47)16-20-42(38)50;45-25-28-17-19-41-37(21-28)38-22-29(26-46)18-20-42(38)50(41)44-24-31(33-11-3-4-12-34(33)32-10-2-1-9-30(32)27-47)23-43(48-44)49-39-15-7-5-13-35(39)36-14-6-8-16-40(36)49/h3*1-24H. The minimum Gasteiger partial charge on any atom is -0.294 e. The Morgan fingerprint density at radius 1 is 0.133 bits per heavy atom. The van der Waals surface area contributed by atoms with Gasteiger partial charge in [0.1, 0.15) is 34.9 Å². The van der Waals surface area contributed by atoms with E-state index in [1.165, 1.54) is 0 Å². The number of hydrogen-bond acceptors (Lipinski definition) is 12. The fourth-order valence-corrected chi connectivity index (χ4v) is 21.6. The lowest BCUT2D eigenvalue weighted by Gasteiger charge is -2.17. The van der Waals surface area contributed by atoms with Crippen LogP contribution in [-0.2, 0) is 0 Å². The Hall–Kier alpha value is -22.4. The number of fused-ring (bicyclic) bond motifs is 18. The summed E-state index contributed by atoms with van der Waals surface area (Å²) in [5.41, 5.74) is 28.1. The fraction of sp³-hybridized carbons (Fsp3) is 0. The first kappa shape index (κ1) is 89.0. The third kappa shape index (κ3) is 15.1. The molecule has 27 aromatic rings. The van der Waals surface area contributed by atoms with Gasteiger partial charge in [-0.15, -0.1) is 0 Å². The molecule has 0 amide bonds. The van der Waals surface area contributed by atoms with Gasteiger partial charge in [-0.2, -0.15) is 47.4 Å². The Kier molecular flexibility index (Phi) is 21.9. The van der Waals surface area contributed by atoms with Crippen molar-refractivity contribution in [3.8, 4) is 156 Å². The van der Waals surface area contributed by atoms with Crippen LogP contribution in [0.15, 0.2) is 437 Å². The molecule has 0 bridgehead atoms. The zero-order valence-electron chi connectivity index (χ0n) is 79.6. The van der Waals surface area contributed by atoms with Crippen molar-refractivity contribution in [2.24, 2.45) is 0 Å². The van der Waals surface area contributed by atoms with Gasteiger partial charge in [0.05, 0.1) is 171 Å². The molecule has 0 atom stereocenters. The highest BCUT2D eigenvalue weighted by Gasteiger charge is 2.28. The van der Waals surface area contributed by atoms with Gasteiger partial charge in [-0.3, -0.25) is 27.4 Å². The van der Waals surface area contributed by atoms with E-state index in [9.17, 15) is 47.4 Å². The van der Waals surface area contributed by atoms with Gasteiger partial charge in [0.25, 0.3) is 0 Å². The Bertz CT molecular complexity index is 10500. The molecule has 0 spiro atoms. The zero-order chi connectivity index (χ0) is 101. The summed E-state index contributed by atoms with van der Waals surface area (Å²) in [6.45, 7) is 0. The monoisotopic (exact) mass is 1910 g/mol. The summed E-state index contributed by atoms with van der Waals surface area (Å²) in [4.78, 5) is 16.2. The van der Waals surface area contributed by atoms with E-state index in [-0.39, 0.29) is 0 Å². The number of nitriles is 9. The zero-order valence-corrected chi connectivity index (χ0v) is 79.6. The highest BCUT2D eigenvalue weighted by molar-refractivity contribution is 6.16. The molecule has 0 saturated heterocycles. The summed E-state index contributed by atoms with van der Waals surface area (Å²) >= 11 is 0. The summed E-state index contributed by atoms with van der Waals surface area (Å²) in [5, 5.41) is 99.9. The van der Waals surface area contributed by atoms with E-state index in [0.29, 0.717) is 67.5 Å². The molecule has 0 aliphatic carbocycles. The number of rotatable bonds is 12. The maximum Gasteiger partial charge on any atom is 0.140 e. The van der Waals surface area contributed by atoms with Gasteiger partial charge < -0.3 is 0 Å². The minimum absolute atomic E-state index is 0.539. The topological polar surface area (TPSA) is 282 Å². The predicted molar refractivity (Wildman–Crippen MR) is 594 cm³/mol. The first-order valence-electron chi connectivity index (χ1n) is 48.4. The minimum atomic E-state index is 0.539. The smallest absolute Gasteiger partial charge is 0.140 e. The Balaban J connectivity index is 0.000000116. The molecule has 0 radical (unpaired) electrons. The molecule has 9 aromatic heterocycles. The van der Waals surface area contributed by atoms with Crippen molar-refractivity contribution < 1.29 is 0 Å². The third-order valence-corrected chi connectivity index (χ3v) is 28.3. The van der Waals surface area contributed by atoms with E-state index in [4.69, 9.17) is 15.0 Å². The van der Waals surface area contributed by atoms with E-state index in [1.54, 1.807) is 0 Å². The first-order chi connectivity index (χ1) is 73.9. The van der Waals surface area contributed by atoms with Crippen LogP contribution in [0.1, 0.15) is 50.1 Å². The van der Waals surface area contributed by atoms with Crippen molar-refractivity contribution in [3.05, 3.63) is 487 Å². The molecule has 0 N–H and O–H groups in total. The summed E-state index contributed by atoms with van der Waals surface area (Å²) in [7, 11) is 0. The van der Waals surface area contributed by atoms with Gasteiger partial charge in [0, 0.05) is 70.2 Å². The van der Waals surface area contributed by atoms with Gasteiger partial charge in [-0.05, 0) is 274 Å². The fourth-order valence-electron chi connectivity index (χ4n) is 21.6. The maximum absolute atomic E-state index is 10.0. The number of hydrogen-bond donors (Lipinski definition) is 0. The second-order valence-corrected chi connectivity index (χ2v) is 36.6. The number of pyridine rings is 3. The Labute approximate surface area is 857 Å². The van der Waals surface area contributed by atoms with Crippen LogP contribution in [-0.4, -0.2) is 42.4 Å². The molecule has 18 nitrogen and oxygen atoms in total. The van der Waals surface area contributed by atoms with E-state index in [2.05, 4.69) is 276 Å². The lowest BCUT2D eigenvalue weighted by Crippen LogP contribution is -2.04. The van der Waals surface area contributed by atoms with Crippen molar-refractivity contribution >= 4 is 131 Å². The van der Waals surface area contributed by atoms with Crippen LogP contribution in [0.2, 0.25) is 0 Å². The molecule has 0 fully saturated rings. The molecule has 27 rings (SSSR count). The third-order valence-electron chi connectivity index (χ3n) is 28.3. The molecular formula is C132H72N18. The van der Waals surface area contributed by atoms with Crippen LogP contribution in [0.25, 0.3) is 233 Å². The van der Waals surface area contributed by atoms with Crippen LogP contribution in [0, 0.1) is 102 Å². The van der Waals surface area contributed by atoms with Crippen molar-refractivity contribution in [2.75, 3.05) is 0 Å². The van der Waals surface area contributed by atoms with E-state index in [0.717, 1.165) is 215 Å². The van der Waals surface area contributed by atoms with E-state index < -0.39 is 0 Å². The van der Waals surface area contributed by atoms with Crippen LogP contribution in [0.4, 0.5) is 0 Å². The van der Waals surface area contributed by atoms with Crippen molar-refractivity contribution in [1.29, 1.82) is 47.4 Å².